The molecule has 2 aromatic carbocycles. The zero-order chi connectivity index (χ0) is 18.4. The van der Waals surface area contributed by atoms with Gasteiger partial charge in [0.1, 0.15) is 5.60 Å². The zero-order valence-electron chi connectivity index (χ0n) is 13.4. The van der Waals surface area contributed by atoms with Crippen LogP contribution in [0, 0.1) is 10.1 Å². The Balaban J connectivity index is 1.92. The molecule has 0 saturated heterocycles. The molecule has 0 radical (unpaired) electrons. The number of carbonyl (C=O) groups is 2. The number of nitro benzene ring substituents is 1. The van der Waals surface area contributed by atoms with Gasteiger partial charge in [-0.25, -0.2) is 0 Å². The van der Waals surface area contributed by atoms with Crippen LogP contribution in [-0.2, 0) is 15.2 Å². The van der Waals surface area contributed by atoms with Crippen molar-refractivity contribution in [2.24, 2.45) is 0 Å². The number of hydrogen-bond donors (Lipinski definition) is 3. The lowest BCUT2D eigenvalue weighted by molar-refractivity contribution is -0.384. The molecule has 3 N–H and O–H groups in total. The largest absolute Gasteiger partial charge is 0.384 e. The molecule has 2 rings (SSSR count). The van der Waals surface area contributed by atoms with E-state index in [2.05, 4.69) is 10.6 Å². The number of carbonyl (C=O) groups excluding carboxylic acids is 2. The number of nitrogens with one attached hydrogen (secondary N) is 2. The average molecular weight is 343 g/mol. The van der Waals surface area contributed by atoms with E-state index in [1.54, 1.807) is 30.3 Å². The number of nitrogens with zero attached hydrogens (tertiary/aromatic N) is 1. The highest BCUT2D eigenvalue weighted by atomic mass is 16.6. The number of non-ortho nitro benzene ring substituents is 1. The lowest BCUT2D eigenvalue weighted by atomic mass is 9.96. The lowest BCUT2D eigenvalue weighted by Gasteiger charge is -2.24. The normalized spacial score (nSPS) is 12.7. The van der Waals surface area contributed by atoms with Crippen LogP contribution >= 0.6 is 0 Å². The number of benzene rings is 2. The average Bonchev–Trinajstić information content (AvgIpc) is 2.61. The van der Waals surface area contributed by atoms with E-state index >= 15 is 0 Å². The molecule has 1 unspecified atom stereocenters. The Morgan fingerprint density at radius 1 is 1.08 bits per heavy atom. The molecule has 0 heterocycles. The van der Waals surface area contributed by atoms with Crippen LogP contribution in [0.1, 0.15) is 12.5 Å². The maximum atomic E-state index is 11.9. The second-order valence-corrected chi connectivity index (χ2v) is 5.58. The minimum absolute atomic E-state index is 0.124. The summed E-state index contributed by atoms with van der Waals surface area (Å²) >= 11 is 0. The third-order valence-electron chi connectivity index (χ3n) is 3.53. The predicted octanol–water partition coefficient (Wildman–Crippen LogP) is 1.56. The third kappa shape index (κ3) is 4.85. The molecule has 25 heavy (non-hydrogen) atoms. The summed E-state index contributed by atoms with van der Waals surface area (Å²) in [6.07, 6.45) is 0. The molecule has 2 aromatic rings. The molecule has 8 nitrogen and oxygen atoms in total. The van der Waals surface area contributed by atoms with Gasteiger partial charge in [-0.05, 0) is 24.6 Å². The molecule has 0 saturated carbocycles. The molecule has 0 bridgehead atoms. The van der Waals surface area contributed by atoms with Crippen LogP contribution in [0.15, 0.2) is 54.6 Å². The Hall–Kier alpha value is -3.26. The van der Waals surface area contributed by atoms with E-state index in [1.807, 2.05) is 0 Å². The molecular weight excluding hydrogens is 326 g/mol. The van der Waals surface area contributed by atoms with Gasteiger partial charge >= 0.3 is 11.8 Å². The summed E-state index contributed by atoms with van der Waals surface area (Å²) in [5.74, 6) is -1.85. The van der Waals surface area contributed by atoms with E-state index in [9.17, 15) is 24.8 Å². The number of rotatable bonds is 5. The Kier molecular flexibility index (Phi) is 5.45. The van der Waals surface area contributed by atoms with Crippen molar-refractivity contribution in [3.63, 3.8) is 0 Å². The van der Waals surface area contributed by atoms with Crippen molar-refractivity contribution in [2.45, 2.75) is 12.5 Å². The van der Waals surface area contributed by atoms with E-state index in [4.69, 9.17) is 0 Å². The van der Waals surface area contributed by atoms with Gasteiger partial charge in [0.25, 0.3) is 5.69 Å². The van der Waals surface area contributed by atoms with E-state index in [-0.39, 0.29) is 17.9 Å². The highest BCUT2D eigenvalue weighted by Gasteiger charge is 2.25. The van der Waals surface area contributed by atoms with Crippen molar-refractivity contribution in [3.05, 3.63) is 70.3 Å². The van der Waals surface area contributed by atoms with Crippen LogP contribution in [-0.4, -0.2) is 28.4 Å². The topological polar surface area (TPSA) is 122 Å². The maximum absolute atomic E-state index is 11.9. The first kappa shape index (κ1) is 18.1. The van der Waals surface area contributed by atoms with Crippen LogP contribution in [0.4, 0.5) is 11.4 Å². The molecule has 1 atom stereocenters. The van der Waals surface area contributed by atoms with Gasteiger partial charge in [0.05, 0.1) is 11.5 Å². The molecule has 8 heteroatoms. The Morgan fingerprint density at radius 3 is 2.24 bits per heavy atom. The van der Waals surface area contributed by atoms with Crippen LogP contribution < -0.4 is 10.6 Å². The van der Waals surface area contributed by atoms with E-state index < -0.39 is 22.3 Å². The minimum atomic E-state index is -1.33. The van der Waals surface area contributed by atoms with E-state index in [0.29, 0.717) is 5.56 Å². The van der Waals surface area contributed by atoms with Crippen LogP contribution in [0.25, 0.3) is 0 Å². The smallest absolute Gasteiger partial charge is 0.313 e. The van der Waals surface area contributed by atoms with Crippen molar-refractivity contribution >= 4 is 23.2 Å². The van der Waals surface area contributed by atoms with Gasteiger partial charge in [0.2, 0.25) is 0 Å². The van der Waals surface area contributed by atoms with Crippen LogP contribution in [0.5, 0.6) is 0 Å². The monoisotopic (exact) mass is 343 g/mol. The SMILES string of the molecule is CC(O)(CNC(=O)C(=O)Nc1ccc([N+](=O)[O-])cc1)c1ccccc1. The quantitative estimate of drug-likeness (QED) is 0.432. The van der Waals surface area contributed by atoms with Gasteiger partial charge in [-0.2, -0.15) is 0 Å². The first-order valence-electron chi connectivity index (χ1n) is 7.41. The van der Waals surface area contributed by atoms with Crippen molar-refractivity contribution in [3.8, 4) is 0 Å². The molecular formula is C17H17N3O5. The van der Waals surface area contributed by atoms with Gasteiger partial charge in [-0.1, -0.05) is 30.3 Å². The fourth-order valence-corrected chi connectivity index (χ4v) is 2.09. The molecule has 0 aliphatic carbocycles. The summed E-state index contributed by atoms with van der Waals surface area (Å²) in [4.78, 5) is 33.7. The highest BCUT2D eigenvalue weighted by molar-refractivity contribution is 6.39. The zero-order valence-corrected chi connectivity index (χ0v) is 13.4. The van der Waals surface area contributed by atoms with Gasteiger partial charge < -0.3 is 15.7 Å². The third-order valence-corrected chi connectivity index (χ3v) is 3.53. The van der Waals surface area contributed by atoms with Crippen LogP contribution in [0.2, 0.25) is 0 Å². The van der Waals surface area contributed by atoms with Gasteiger partial charge in [0, 0.05) is 17.8 Å². The second kappa shape index (κ2) is 7.54. The summed E-state index contributed by atoms with van der Waals surface area (Å²) in [6, 6.07) is 13.8. The number of hydrogen-bond acceptors (Lipinski definition) is 5. The van der Waals surface area contributed by atoms with Crippen molar-refractivity contribution < 1.29 is 19.6 Å². The van der Waals surface area contributed by atoms with Gasteiger partial charge in [-0.3, -0.25) is 19.7 Å². The molecule has 0 aliphatic heterocycles. The second-order valence-electron chi connectivity index (χ2n) is 5.58. The Labute approximate surface area is 143 Å². The number of amides is 2. The Morgan fingerprint density at radius 2 is 1.68 bits per heavy atom. The number of anilines is 1. The van der Waals surface area contributed by atoms with Gasteiger partial charge in [-0.15, -0.1) is 0 Å². The molecule has 0 fully saturated rings. The molecule has 0 aromatic heterocycles. The van der Waals surface area contributed by atoms with E-state index in [0.717, 1.165) is 0 Å². The lowest BCUT2D eigenvalue weighted by Crippen LogP contribution is -2.43. The van der Waals surface area contributed by atoms with Crippen molar-refractivity contribution in [1.29, 1.82) is 0 Å². The minimum Gasteiger partial charge on any atom is -0.384 e. The van der Waals surface area contributed by atoms with Crippen molar-refractivity contribution in [2.75, 3.05) is 11.9 Å². The predicted molar refractivity (Wildman–Crippen MR) is 90.7 cm³/mol. The number of aliphatic hydroxyl groups is 1. The number of nitro groups is 1. The Bertz CT molecular complexity index is 773. The van der Waals surface area contributed by atoms with Crippen molar-refractivity contribution in [1.82, 2.24) is 5.32 Å². The summed E-state index contributed by atoms with van der Waals surface area (Å²) < 4.78 is 0. The summed E-state index contributed by atoms with van der Waals surface area (Å²) in [6.45, 7) is 1.38. The van der Waals surface area contributed by atoms with Gasteiger partial charge in [0.15, 0.2) is 0 Å². The molecule has 2 amide bonds. The fraction of sp³-hybridized carbons (Fsp3) is 0.176. The fourth-order valence-electron chi connectivity index (χ4n) is 2.09. The molecule has 130 valence electrons. The summed E-state index contributed by atoms with van der Waals surface area (Å²) in [7, 11) is 0. The molecule has 0 spiro atoms. The highest BCUT2D eigenvalue weighted by Crippen LogP contribution is 2.19. The standard InChI is InChI=1S/C17H17N3O5/c1-17(23,12-5-3-2-4-6-12)11-18-15(21)16(22)19-13-7-9-14(10-8-13)20(24)25/h2-10,23H,11H2,1H3,(H,18,21)(H,19,22). The van der Waals surface area contributed by atoms with E-state index in [1.165, 1.54) is 31.2 Å². The van der Waals surface area contributed by atoms with Crippen LogP contribution in [0.3, 0.4) is 0 Å². The maximum Gasteiger partial charge on any atom is 0.313 e. The summed E-state index contributed by atoms with van der Waals surface area (Å²) in [5, 5.41) is 25.6. The first-order chi connectivity index (χ1) is 11.8. The summed E-state index contributed by atoms with van der Waals surface area (Å²) in [5.41, 5.74) is -0.599. The first-order valence-corrected chi connectivity index (χ1v) is 7.41. The molecule has 0 aliphatic rings.